The van der Waals surface area contributed by atoms with Crippen molar-refractivity contribution in [2.45, 2.75) is 70.9 Å². The maximum absolute atomic E-state index is 14.5. The van der Waals surface area contributed by atoms with Gasteiger partial charge in [-0.2, -0.15) is 4.58 Å². The summed E-state index contributed by atoms with van der Waals surface area (Å²) in [6.45, 7) is 9.53. The smallest absolute Gasteiger partial charge is 0.414 e. The Bertz CT molecular complexity index is 2330. The molecule has 9 heteroatoms. The third-order valence-corrected chi connectivity index (χ3v) is 11.4. The van der Waals surface area contributed by atoms with E-state index in [9.17, 15) is 4.79 Å². The molecule has 286 valence electrons. The Morgan fingerprint density at radius 3 is 2.23 bits per heavy atom. The number of carbonyl (C=O) groups excluding carboxylic acids is 1. The summed E-state index contributed by atoms with van der Waals surface area (Å²) in [6, 6.07) is 34.4. The van der Waals surface area contributed by atoms with E-state index < -0.39 is 6.09 Å². The van der Waals surface area contributed by atoms with Crippen LogP contribution in [0.5, 0.6) is 0 Å². The van der Waals surface area contributed by atoms with Crippen molar-refractivity contribution in [2.75, 3.05) is 19.0 Å². The van der Waals surface area contributed by atoms with Crippen LogP contribution in [-0.4, -0.2) is 35.4 Å². The third-order valence-electron chi connectivity index (χ3n) is 11.4. The predicted molar refractivity (Wildman–Crippen MR) is 222 cm³/mol. The van der Waals surface area contributed by atoms with Crippen molar-refractivity contribution in [1.82, 2.24) is 4.90 Å². The zero-order chi connectivity index (χ0) is 38.7. The molecule has 3 aliphatic rings. The molecule has 56 heavy (non-hydrogen) atoms. The number of anilines is 1. The summed E-state index contributed by atoms with van der Waals surface area (Å²) in [5.41, 5.74) is 21.3. The molecule has 0 bridgehead atoms. The van der Waals surface area contributed by atoms with E-state index in [-0.39, 0.29) is 41.4 Å². The van der Waals surface area contributed by atoms with E-state index in [1.165, 1.54) is 33.9 Å². The molecule has 0 atom stereocenters. The van der Waals surface area contributed by atoms with Gasteiger partial charge in [0.2, 0.25) is 5.69 Å². The summed E-state index contributed by atoms with van der Waals surface area (Å²) in [6.07, 6.45) is 11.1. The van der Waals surface area contributed by atoms with Crippen molar-refractivity contribution in [2.24, 2.45) is 5.11 Å². The van der Waals surface area contributed by atoms with E-state index in [2.05, 4.69) is 146 Å². The van der Waals surface area contributed by atoms with Crippen LogP contribution in [0.1, 0.15) is 69.2 Å². The molecule has 4 aromatic carbocycles. The van der Waals surface area contributed by atoms with Crippen LogP contribution in [0.25, 0.3) is 10.4 Å². The summed E-state index contributed by atoms with van der Waals surface area (Å²) < 4.78 is 8.40. The molecule has 0 saturated heterocycles. The molecule has 4 aromatic rings. The van der Waals surface area contributed by atoms with Crippen LogP contribution in [0.4, 0.5) is 21.9 Å². The van der Waals surface area contributed by atoms with Gasteiger partial charge in [0.15, 0.2) is 5.71 Å². The predicted octanol–water partition coefficient (Wildman–Crippen LogP) is 8.71. The molecule has 1 aliphatic carbocycles. The fourth-order valence-corrected chi connectivity index (χ4v) is 8.48. The topological polar surface area (TPSA) is 84.6 Å². The van der Waals surface area contributed by atoms with Gasteiger partial charge in [0.25, 0.3) is 0 Å². The van der Waals surface area contributed by atoms with Crippen molar-refractivity contribution in [3.63, 3.8) is 0 Å². The number of ether oxygens (including phenoxy) is 1. The van der Waals surface area contributed by atoms with Gasteiger partial charge in [-0.15, -0.1) is 0 Å². The molecule has 2 aliphatic heterocycles. The third kappa shape index (κ3) is 7.84. The van der Waals surface area contributed by atoms with Crippen LogP contribution >= 0.6 is 0 Å². The van der Waals surface area contributed by atoms with E-state index >= 15 is 0 Å². The minimum Gasteiger partial charge on any atom is -1.00 e. The van der Waals surface area contributed by atoms with Crippen LogP contribution < -0.4 is 28.9 Å². The molecule has 0 fully saturated rings. The number of carbonyl (C=O) groups is 1. The number of hydrogen-bond donors (Lipinski definition) is 0. The molecule has 0 aromatic heterocycles. The quantitative estimate of drug-likeness (QED) is 0.0556. The molecule has 7 rings (SSSR count). The highest BCUT2D eigenvalue weighted by Crippen LogP contribution is 2.47. The zero-order valence-corrected chi connectivity index (χ0v) is 35.2. The summed E-state index contributed by atoms with van der Waals surface area (Å²) in [5, 5.41) is 3.67. The first-order valence-corrected chi connectivity index (χ1v) is 19.0. The second kappa shape index (κ2) is 16.8. The molecule has 0 N–H and O–H groups in total. The number of benzene rings is 4. The van der Waals surface area contributed by atoms with E-state index in [0.717, 1.165) is 47.2 Å². The first-order chi connectivity index (χ1) is 26.5. The number of fused-ring (bicyclic) bond motifs is 2. The average Bonchev–Trinajstić information content (AvgIpc) is 3.51. The number of halogens is 1. The first-order valence-electron chi connectivity index (χ1n) is 19.0. The Morgan fingerprint density at radius 1 is 0.857 bits per heavy atom. The summed E-state index contributed by atoms with van der Waals surface area (Å²) in [4.78, 5) is 21.5. The van der Waals surface area contributed by atoms with Gasteiger partial charge in [0.1, 0.15) is 13.7 Å². The lowest BCUT2D eigenvalue weighted by Crippen LogP contribution is -3.00. The van der Waals surface area contributed by atoms with Crippen molar-refractivity contribution < 1.29 is 38.1 Å². The maximum atomic E-state index is 14.5. The van der Waals surface area contributed by atoms with Gasteiger partial charge >= 0.3 is 6.09 Å². The van der Waals surface area contributed by atoms with E-state index in [4.69, 9.17) is 10.3 Å². The van der Waals surface area contributed by atoms with E-state index in [1.54, 1.807) is 12.1 Å². The Balaban J connectivity index is 0.00000532. The van der Waals surface area contributed by atoms with Gasteiger partial charge in [0.05, 0.1) is 17.7 Å². The first kappa shape index (κ1) is 40.3. The molecule has 0 spiro atoms. The maximum Gasteiger partial charge on any atom is 0.414 e. The number of nitrogens with zero attached hydrogens (tertiary/aromatic N) is 6. The van der Waals surface area contributed by atoms with Gasteiger partial charge in [0, 0.05) is 52.2 Å². The van der Waals surface area contributed by atoms with Crippen LogP contribution in [-0.2, 0) is 28.7 Å². The normalized spacial score (nSPS) is 18.1. The standard InChI is InChI=1S/C47H49N6O2.HI/c1-46(2)38-19-10-12-21-40(38)51(5)42(46)29-25-35-17-14-18-36(26-30-43-47(3,4)39-20-11-13-22-41(39)52(43)6)44(35)53(31-33-15-8-7-9-16-33)45(54)55-32-34-23-27-37(28-24-34)49-50-48;/h7-13,15-16,19-30H,14,17-18,31-32H2,1-6H3;1H/q+1;/p-1. The number of allylic oxidation sites excluding steroid dienone is 7. The van der Waals surface area contributed by atoms with E-state index in [0.29, 0.717) is 12.2 Å². The van der Waals surface area contributed by atoms with Crippen molar-refractivity contribution in [3.05, 3.63) is 183 Å². The molecular formula is C47H49IN6O2. The second-order valence-corrected chi connectivity index (χ2v) is 15.6. The lowest BCUT2D eigenvalue weighted by atomic mass is 9.81. The molecule has 1 amide bonds. The van der Waals surface area contributed by atoms with Crippen molar-refractivity contribution in [3.8, 4) is 0 Å². The van der Waals surface area contributed by atoms with Crippen LogP contribution in [0, 0.1) is 0 Å². The van der Waals surface area contributed by atoms with Crippen LogP contribution in [0.3, 0.4) is 0 Å². The van der Waals surface area contributed by atoms with Crippen molar-refractivity contribution in [1.29, 1.82) is 0 Å². The fraction of sp³-hybridized carbons (Fsp3) is 0.277. The summed E-state index contributed by atoms with van der Waals surface area (Å²) in [5.74, 6) is 0. The van der Waals surface area contributed by atoms with Gasteiger partial charge in [-0.25, -0.2) is 4.79 Å². The van der Waals surface area contributed by atoms with Gasteiger partial charge in [-0.1, -0.05) is 122 Å². The summed E-state index contributed by atoms with van der Waals surface area (Å²) in [7, 11) is 4.27. The highest BCUT2D eigenvalue weighted by molar-refractivity contribution is 6.03. The highest BCUT2D eigenvalue weighted by Gasteiger charge is 2.43. The lowest BCUT2D eigenvalue weighted by molar-refractivity contribution is -0.401. The number of amides is 1. The number of likely N-dealkylation sites (N-methyl/N-ethyl adjacent to an activating group) is 1. The second-order valence-electron chi connectivity index (χ2n) is 15.6. The summed E-state index contributed by atoms with van der Waals surface area (Å²) >= 11 is 0. The fourth-order valence-electron chi connectivity index (χ4n) is 8.48. The van der Waals surface area contributed by atoms with Gasteiger partial charge < -0.3 is 33.6 Å². The molecule has 0 unspecified atom stereocenters. The Kier molecular flexibility index (Phi) is 12.1. The molecular weight excluding hydrogens is 807 g/mol. The molecule has 0 radical (unpaired) electrons. The monoisotopic (exact) mass is 856 g/mol. The Labute approximate surface area is 347 Å². The van der Waals surface area contributed by atoms with Crippen LogP contribution in [0.2, 0.25) is 0 Å². The lowest BCUT2D eigenvalue weighted by Gasteiger charge is -2.32. The van der Waals surface area contributed by atoms with Gasteiger partial charge in [-0.05, 0) is 78.6 Å². The Hall–Kier alpha value is -5.38. The largest absolute Gasteiger partial charge is 1.00 e. The molecule has 8 nitrogen and oxygen atoms in total. The van der Waals surface area contributed by atoms with Gasteiger partial charge in [-0.3, -0.25) is 4.90 Å². The number of hydrogen-bond acceptors (Lipinski definition) is 4. The number of para-hydroxylation sites is 2. The highest BCUT2D eigenvalue weighted by atomic mass is 127. The average molecular weight is 857 g/mol. The minimum atomic E-state index is -0.423. The Morgan fingerprint density at radius 2 is 1.54 bits per heavy atom. The van der Waals surface area contributed by atoms with Crippen molar-refractivity contribution >= 4 is 28.9 Å². The molecule has 2 heterocycles. The molecule has 0 saturated carbocycles. The number of rotatable bonds is 9. The minimum absolute atomic E-state index is 0. The zero-order valence-electron chi connectivity index (χ0n) is 33.0. The SMILES string of the molecule is CN1/C(=C/C=C2\CCCC(/C=C/C3=[N+](C)c4ccccc4C3(C)C)=C2N(Cc2ccccc2)C(=O)OCc2ccc(N=[N+]=[N-])cc2)C(C)(C)c2ccccc21.[I-]. The van der Waals surface area contributed by atoms with E-state index in [1.807, 2.05) is 35.2 Å². The van der Waals surface area contributed by atoms with Crippen LogP contribution in [0.15, 0.2) is 155 Å². The number of azide groups is 1.